The first-order valence-corrected chi connectivity index (χ1v) is 18.1. The fourth-order valence-electron chi connectivity index (χ4n) is 8.27. The van der Waals surface area contributed by atoms with Crippen LogP contribution in [0.4, 0.5) is 21.0 Å². The van der Waals surface area contributed by atoms with E-state index in [1.165, 1.54) is 32.1 Å². The number of benzene rings is 2. The van der Waals surface area contributed by atoms with E-state index in [2.05, 4.69) is 27.7 Å². The van der Waals surface area contributed by atoms with E-state index < -0.39 is 12.2 Å². The molecule has 4 amide bonds. The number of likely N-dealkylation sites (tertiary alicyclic amines) is 1. The molecule has 3 fully saturated rings. The van der Waals surface area contributed by atoms with Gasteiger partial charge in [0.05, 0.1) is 5.69 Å². The van der Waals surface area contributed by atoms with E-state index in [0.717, 1.165) is 59.9 Å². The number of amides is 4. The van der Waals surface area contributed by atoms with Gasteiger partial charge >= 0.3 is 12.1 Å². The fraction of sp³-hybridized carbons (Fsp3) is 0.595. The third-order valence-corrected chi connectivity index (χ3v) is 11.0. The Morgan fingerprint density at radius 1 is 0.917 bits per heavy atom. The van der Waals surface area contributed by atoms with Crippen molar-refractivity contribution in [2.24, 2.45) is 0 Å². The molecule has 1 saturated carbocycles. The van der Waals surface area contributed by atoms with Gasteiger partial charge < -0.3 is 34.8 Å². The minimum Gasteiger partial charge on any atom is -0.490 e. The van der Waals surface area contributed by atoms with Crippen LogP contribution in [0.1, 0.15) is 61.6 Å². The van der Waals surface area contributed by atoms with Crippen molar-refractivity contribution in [1.29, 1.82) is 0 Å². The largest absolute Gasteiger partial charge is 0.490 e. The standard InChI is InChI=1S/C37H50N6O5/c1-26-23-27(24-32-34(26)38-14-22-47-32)25-33(35(44)41-20-18-40(19-21-41)29-8-3-2-4-9-29)48-37(46)42-15-12-30(13-16-42)43-17-11-28-7-5-6-10-31(28)39-36(43)45/h5-7,10,23-24,29-30,33,38H,2-4,8-9,11-22,25H2,1H3,(H,39,45)/t33-/m1/s1. The molecule has 2 saturated heterocycles. The summed E-state index contributed by atoms with van der Waals surface area (Å²) in [6, 6.07) is 12.5. The average molecular weight is 659 g/mol. The topological polar surface area (TPSA) is 107 Å². The van der Waals surface area contributed by atoms with Crippen molar-refractivity contribution in [3.8, 4) is 5.75 Å². The van der Waals surface area contributed by atoms with Gasteiger partial charge in [0.2, 0.25) is 0 Å². The Morgan fingerprint density at radius 3 is 2.48 bits per heavy atom. The van der Waals surface area contributed by atoms with E-state index in [-0.39, 0.29) is 24.4 Å². The number of fused-ring (bicyclic) bond motifs is 2. The predicted octanol–water partition coefficient (Wildman–Crippen LogP) is 4.88. The number of hydrogen-bond donors (Lipinski definition) is 2. The Bertz CT molecular complexity index is 1480. The van der Waals surface area contributed by atoms with Gasteiger partial charge in [-0.25, -0.2) is 9.59 Å². The number of hydrogen-bond acceptors (Lipinski definition) is 7. The van der Waals surface area contributed by atoms with Gasteiger partial charge in [0.25, 0.3) is 5.91 Å². The number of carbonyl (C=O) groups excluding carboxylic acids is 3. The lowest BCUT2D eigenvalue weighted by atomic mass is 9.94. The van der Waals surface area contributed by atoms with Crippen molar-refractivity contribution in [2.45, 2.75) is 82.9 Å². The summed E-state index contributed by atoms with van der Waals surface area (Å²) in [6.45, 7) is 7.96. The van der Waals surface area contributed by atoms with E-state index >= 15 is 0 Å². The molecule has 0 bridgehead atoms. The summed E-state index contributed by atoms with van der Waals surface area (Å²) in [5.74, 6) is 0.648. The number of anilines is 2. The molecule has 2 aromatic carbocycles. The number of aryl methyl sites for hydroxylation is 1. The molecule has 7 rings (SSSR count). The monoisotopic (exact) mass is 658 g/mol. The predicted molar refractivity (Wildman–Crippen MR) is 185 cm³/mol. The van der Waals surface area contributed by atoms with Crippen LogP contribution < -0.4 is 15.4 Å². The summed E-state index contributed by atoms with van der Waals surface area (Å²) in [5, 5.41) is 6.47. The maximum atomic E-state index is 14.1. The Kier molecular flexibility index (Phi) is 9.93. The van der Waals surface area contributed by atoms with Gasteiger partial charge in [-0.05, 0) is 67.9 Å². The van der Waals surface area contributed by atoms with Crippen LogP contribution in [-0.2, 0) is 22.4 Å². The molecule has 48 heavy (non-hydrogen) atoms. The van der Waals surface area contributed by atoms with Gasteiger partial charge in [0, 0.05) is 76.5 Å². The number of nitrogens with zero attached hydrogens (tertiary/aromatic N) is 4. The molecule has 258 valence electrons. The second kappa shape index (κ2) is 14.6. The summed E-state index contributed by atoms with van der Waals surface area (Å²) in [4.78, 5) is 49.0. The lowest BCUT2D eigenvalue weighted by Gasteiger charge is -2.41. The molecule has 0 spiro atoms. The summed E-state index contributed by atoms with van der Waals surface area (Å²) in [5.41, 5.74) is 4.94. The van der Waals surface area contributed by atoms with Crippen molar-refractivity contribution in [2.75, 3.05) is 69.6 Å². The van der Waals surface area contributed by atoms with Gasteiger partial charge in [0.1, 0.15) is 12.4 Å². The van der Waals surface area contributed by atoms with Crippen LogP contribution in [0.3, 0.4) is 0 Å². The van der Waals surface area contributed by atoms with Crippen molar-refractivity contribution in [3.63, 3.8) is 0 Å². The van der Waals surface area contributed by atoms with Gasteiger partial charge in [-0.1, -0.05) is 43.5 Å². The van der Waals surface area contributed by atoms with Gasteiger partial charge in [-0.15, -0.1) is 0 Å². The van der Waals surface area contributed by atoms with Crippen LogP contribution in [0.2, 0.25) is 0 Å². The smallest absolute Gasteiger partial charge is 0.410 e. The van der Waals surface area contributed by atoms with Gasteiger partial charge in [-0.2, -0.15) is 0 Å². The molecule has 4 aliphatic heterocycles. The molecule has 11 heteroatoms. The van der Waals surface area contributed by atoms with E-state index in [9.17, 15) is 14.4 Å². The summed E-state index contributed by atoms with van der Waals surface area (Å²) in [6.07, 6.45) is 7.40. The highest BCUT2D eigenvalue weighted by atomic mass is 16.6. The number of urea groups is 1. The zero-order chi connectivity index (χ0) is 33.0. The molecule has 5 aliphatic rings. The van der Waals surface area contributed by atoms with Crippen LogP contribution in [0.15, 0.2) is 36.4 Å². The zero-order valence-electron chi connectivity index (χ0n) is 28.3. The number of para-hydroxylation sites is 1. The van der Waals surface area contributed by atoms with Gasteiger partial charge in [-0.3, -0.25) is 9.69 Å². The third-order valence-electron chi connectivity index (χ3n) is 11.0. The summed E-state index contributed by atoms with van der Waals surface area (Å²) >= 11 is 0. The van der Waals surface area contributed by atoms with Crippen LogP contribution in [0, 0.1) is 6.92 Å². The molecule has 0 radical (unpaired) electrons. The molecule has 1 atom stereocenters. The minimum atomic E-state index is -0.930. The van der Waals surface area contributed by atoms with Crippen LogP contribution in [0.5, 0.6) is 5.75 Å². The molecule has 0 unspecified atom stereocenters. The minimum absolute atomic E-state index is 0.0355. The third kappa shape index (κ3) is 7.21. The second-order valence-corrected chi connectivity index (χ2v) is 14.0. The maximum Gasteiger partial charge on any atom is 0.410 e. The highest BCUT2D eigenvalue weighted by Gasteiger charge is 2.36. The fourth-order valence-corrected chi connectivity index (χ4v) is 8.27. The first-order valence-electron chi connectivity index (χ1n) is 18.1. The number of rotatable bonds is 6. The quantitative estimate of drug-likeness (QED) is 0.456. The Labute approximate surface area is 283 Å². The Balaban J connectivity index is 1.00. The maximum absolute atomic E-state index is 14.1. The highest BCUT2D eigenvalue weighted by Crippen LogP contribution is 2.33. The molecule has 11 nitrogen and oxygen atoms in total. The van der Waals surface area contributed by atoms with Crippen molar-refractivity contribution < 1.29 is 23.9 Å². The van der Waals surface area contributed by atoms with E-state index in [0.29, 0.717) is 58.2 Å². The Morgan fingerprint density at radius 2 is 1.69 bits per heavy atom. The van der Waals surface area contributed by atoms with Crippen molar-refractivity contribution in [3.05, 3.63) is 53.1 Å². The van der Waals surface area contributed by atoms with E-state index in [4.69, 9.17) is 9.47 Å². The van der Waals surface area contributed by atoms with Gasteiger partial charge in [0.15, 0.2) is 6.10 Å². The summed E-state index contributed by atoms with van der Waals surface area (Å²) < 4.78 is 12.1. The van der Waals surface area contributed by atoms with Crippen LogP contribution in [0.25, 0.3) is 0 Å². The molecule has 2 N–H and O–H groups in total. The van der Waals surface area contributed by atoms with Crippen LogP contribution >= 0.6 is 0 Å². The number of ether oxygens (including phenoxy) is 2. The number of carbonyl (C=O) groups is 3. The first kappa shape index (κ1) is 32.6. The zero-order valence-corrected chi connectivity index (χ0v) is 28.3. The number of piperazine rings is 1. The lowest BCUT2D eigenvalue weighted by molar-refractivity contribution is -0.143. The number of nitrogens with one attached hydrogen (secondary N) is 2. The van der Waals surface area contributed by atoms with E-state index in [1.54, 1.807) is 4.90 Å². The van der Waals surface area contributed by atoms with E-state index in [1.807, 2.05) is 41.0 Å². The molecular formula is C37H50N6O5. The molecule has 0 aromatic heterocycles. The SMILES string of the molecule is Cc1cc(C[C@@H](OC(=O)N2CCC(N3CCc4ccccc4NC3=O)CC2)C(=O)N2CCN(C3CCCCC3)CC2)cc2c1NCCO2. The van der Waals surface area contributed by atoms with Crippen molar-refractivity contribution >= 4 is 29.4 Å². The van der Waals surface area contributed by atoms with Crippen LogP contribution in [-0.4, -0.2) is 115 Å². The molecule has 4 heterocycles. The Hall–Kier alpha value is -3.99. The number of piperidine rings is 1. The normalized spacial score (nSPS) is 21.6. The van der Waals surface area contributed by atoms with Crippen molar-refractivity contribution in [1.82, 2.24) is 19.6 Å². The molecule has 1 aliphatic carbocycles. The highest BCUT2D eigenvalue weighted by molar-refractivity contribution is 5.91. The molecular weight excluding hydrogens is 608 g/mol. The second-order valence-electron chi connectivity index (χ2n) is 14.0. The first-order chi connectivity index (χ1) is 23.4. The summed E-state index contributed by atoms with van der Waals surface area (Å²) in [7, 11) is 0. The lowest BCUT2D eigenvalue weighted by Crippen LogP contribution is -2.55. The molecule has 2 aromatic rings. The average Bonchev–Trinajstić information content (AvgIpc) is 3.29.